The molecule has 1 aromatic carbocycles. The van der Waals surface area contributed by atoms with Crippen LogP contribution in [0.1, 0.15) is 25.5 Å². The summed E-state index contributed by atoms with van der Waals surface area (Å²) in [5.41, 5.74) is 5.61. The van der Waals surface area contributed by atoms with Gasteiger partial charge in [-0.1, -0.05) is 17.7 Å². The first-order chi connectivity index (χ1) is 6.88. The van der Waals surface area contributed by atoms with E-state index in [4.69, 9.17) is 22.1 Å². The molecule has 0 saturated carbocycles. The molecule has 0 bridgehead atoms. The maximum Gasteiger partial charge on any atom is 0.126 e. The van der Waals surface area contributed by atoms with Gasteiger partial charge in [0.2, 0.25) is 0 Å². The molecule has 1 aromatic rings. The van der Waals surface area contributed by atoms with Crippen molar-refractivity contribution in [2.24, 2.45) is 5.73 Å². The second-order valence-electron chi connectivity index (χ2n) is 4.08. The smallest absolute Gasteiger partial charge is 0.126 e. The number of nitrogens with two attached hydrogens (primary N) is 1. The van der Waals surface area contributed by atoms with Gasteiger partial charge in [0.15, 0.2) is 0 Å². The van der Waals surface area contributed by atoms with Crippen molar-refractivity contribution in [3.63, 3.8) is 0 Å². The normalized spacial score (nSPS) is 13.7. The van der Waals surface area contributed by atoms with Gasteiger partial charge in [0.25, 0.3) is 0 Å². The highest BCUT2D eigenvalue weighted by Gasteiger charge is 2.28. The highest BCUT2D eigenvalue weighted by atomic mass is 35.5. The van der Waals surface area contributed by atoms with E-state index in [9.17, 15) is 5.11 Å². The van der Waals surface area contributed by atoms with Crippen molar-refractivity contribution in [3.8, 4) is 5.75 Å². The topological polar surface area (TPSA) is 55.5 Å². The van der Waals surface area contributed by atoms with Gasteiger partial charge >= 0.3 is 0 Å². The van der Waals surface area contributed by atoms with Crippen molar-refractivity contribution < 1.29 is 9.84 Å². The molecular formula is C11H16ClNO2. The van der Waals surface area contributed by atoms with Crippen LogP contribution in [0.2, 0.25) is 5.02 Å². The van der Waals surface area contributed by atoms with Crippen molar-refractivity contribution in [1.29, 1.82) is 0 Å². The molecule has 0 radical (unpaired) electrons. The number of hydrogen-bond donors (Lipinski definition) is 2. The lowest BCUT2D eigenvalue weighted by Gasteiger charge is -2.28. The number of aliphatic hydroxyl groups is 1. The number of hydrogen-bond acceptors (Lipinski definition) is 3. The molecule has 0 amide bonds. The van der Waals surface area contributed by atoms with E-state index in [1.807, 2.05) is 0 Å². The Morgan fingerprint density at radius 3 is 2.53 bits per heavy atom. The third-order valence-corrected chi connectivity index (χ3v) is 2.54. The standard InChI is InChI=1S/C11H16ClNO2/c1-11(2,13)10(14)9-7(12)5-4-6-8(9)15-3/h4-6,10,14H,13H2,1-3H3. The number of ether oxygens (including phenoxy) is 1. The van der Waals surface area contributed by atoms with E-state index in [0.29, 0.717) is 16.3 Å². The van der Waals surface area contributed by atoms with E-state index in [1.165, 1.54) is 7.11 Å². The Labute approximate surface area is 94.8 Å². The van der Waals surface area contributed by atoms with Gasteiger partial charge in [-0.25, -0.2) is 0 Å². The van der Waals surface area contributed by atoms with Crippen molar-refractivity contribution in [1.82, 2.24) is 0 Å². The predicted octanol–water partition coefficient (Wildman–Crippen LogP) is 2.12. The molecule has 0 aliphatic carbocycles. The summed E-state index contributed by atoms with van der Waals surface area (Å²) < 4.78 is 5.14. The summed E-state index contributed by atoms with van der Waals surface area (Å²) in [6, 6.07) is 5.21. The monoisotopic (exact) mass is 229 g/mol. The SMILES string of the molecule is COc1cccc(Cl)c1C(O)C(C)(C)N. The fourth-order valence-electron chi connectivity index (χ4n) is 1.33. The van der Waals surface area contributed by atoms with Crippen LogP contribution in [-0.4, -0.2) is 17.8 Å². The molecular weight excluding hydrogens is 214 g/mol. The molecule has 0 saturated heterocycles. The quantitative estimate of drug-likeness (QED) is 0.835. The maximum atomic E-state index is 10.1. The fourth-order valence-corrected chi connectivity index (χ4v) is 1.60. The van der Waals surface area contributed by atoms with Crippen molar-refractivity contribution in [2.45, 2.75) is 25.5 Å². The average Bonchev–Trinajstić information content (AvgIpc) is 2.15. The third-order valence-electron chi connectivity index (χ3n) is 2.21. The van der Waals surface area contributed by atoms with Gasteiger partial charge in [-0.2, -0.15) is 0 Å². The van der Waals surface area contributed by atoms with Crippen LogP contribution in [0.25, 0.3) is 0 Å². The lowest BCUT2D eigenvalue weighted by Crippen LogP contribution is -2.39. The second kappa shape index (κ2) is 4.39. The van der Waals surface area contributed by atoms with Crippen LogP contribution in [-0.2, 0) is 0 Å². The molecule has 84 valence electrons. The molecule has 1 rings (SSSR count). The Kier molecular flexibility index (Phi) is 3.60. The zero-order valence-electron chi connectivity index (χ0n) is 9.12. The van der Waals surface area contributed by atoms with E-state index in [0.717, 1.165) is 0 Å². The van der Waals surface area contributed by atoms with Gasteiger partial charge in [0.05, 0.1) is 12.1 Å². The van der Waals surface area contributed by atoms with Crippen LogP contribution in [0.3, 0.4) is 0 Å². The summed E-state index contributed by atoms with van der Waals surface area (Å²) in [6.45, 7) is 3.47. The van der Waals surface area contributed by atoms with Gasteiger partial charge in [0.1, 0.15) is 11.9 Å². The van der Waals surface area contributed by atoms with Crippen LogP contribution in [0.15, 0.2) is 18.2 Å². The van der Waals surface area contributed by atoms with Gasteiger partial charge in [-0.15, -0.1) is 0 Å². The molecule has 0 aliphatic heterocycles. The average molecular weight is 230 g/mol. The van der Waals surface area contributed by atoms with Crippen LogP contribution in [0, 0.1) is 0 Å². The first-order valence-electron chi connectivity index (χ1n) is 4.67. The second-order valence-corrected chi connectivity index (χ2v) is 4.49. The summed E-state index contributed by atoms with van der Waals surface area (Å²) in [6.07, 6.45) is -0.860. The van der Waals surface area contributed by atoms with E-state index in [2.05, 4.69) is 0 Å². The Balaban J connectivity index is 3.23. The molecule has 0 heterocycles. The molecule has 3 N–H and O–H groups in total. The fraction of sp³-hybridized carbons (Fsp3) is 0.455. The van der Waals surface area contributed by atoms with Crippen LogP contribution < -0.4 is 10.5 Å². The van der Waals surface area contributed by atoms with Gasteiger partial charge in [0, 0.05) is 11.1 Å². The summed E-state index contributed by atoms with van der Waals surface area (Å²) in [7, 11) is 1.53. The molecule has 0 fully saturated rings. The number of halogens is 1. The van der Waals surface area contributed by atoms with Gasteiger partial charge < -0.3 is 15.6 Å². The number of methoxy groups -OCH3 is 1. The Morgan fingerprint density at radius 2 is 2.07 bits per heavy atom. The molecule has 3 nitrogen and oxygen atoms in total. The van der Waals surface area contributed by atoms with E-state index >= 15 is 0 Å². The number of aliphatic hydroxyl groups excluding tert-OH is 1. The predicted molar refractivity (Wildman–Crippen MR) is 61.2 cm³/mol. The van der Waals surface area contributed by atoms with Crippen LogP contribution in [0.5, 0.6) is 5.75 Å². The molecule has 0 aromatic heterocycles. The van der Waals surface area contributed by atoms with Crippen molar-refractivity contribution in [3.05, 3.63) is 28.8 Å². The molecule has 0 aliphatic rings. The number of rotatable bonds is 3. The third kappa shape index (κ3) is 2.62. The van der Waals surface area contributed by atoms with Crippen LogP contribution in [0.4, 0.5) is 0 Å². The zero-order chi connectivity index (χ0) is 11.6. The Bertz CT molecular complexity index is 347. The van der Waals surface area contributed by atoms with E-state index in [-0.39, 0.29) is 0 Å². The largest absolute Gasteiger partial charge is 0.496 e. The minimum absolute atomic E-state index is 0.459. The first-order valence-corrected chi connectivity index (χ1v) is 5.05. The molecule has 4 heteroatoms. The van der Waals surface area contributed by atoms with Crippen molar-refractivity contribution in [2.75, 3.05) is 7.11 Å². The molecule has 15 heavy (non-hydrogen) atoms. The summed E-state index contributed by atoms with van der Waals surface area (Å²) in [5.74, 6) is 0.550. The maximum absolute atomic E-state index is 10.1. The lowest BCUT2D eigenvalue weighted by atomic mass is 9.92. The van der Waals surface area contributed by atoms with Crippen molar-refractivity contribution >= 4 is 11.6 Å². The minimum Gasteiger partial charge on any atom is -0.496 e. The molecule has 1 atom stereocenters. The van der Waals surface area contributed by atoms with E-state index < -0.39 is 11.6 Å². The minimum atomic E-state index is -0.860. The zero-order valence-corrected chi connectivity index (χ0v) is 9.88. The highest BCUT2D eigenvalue weighted by molar-refractivity contribution is 6.31. The first kappa shape index (κ1) is 12.3. The molecule has 1 unspecified atom stereocenters. The summed E-state index contributed by atoms with van der Waals surface area (Å²) in [4.78, 5) is 0. The summed E-state index contributed by atoms with van der Waals surface area (Å²) in [5, 5.41) is 10.5. The Hall–Kier alpha value is -0.770. The Morgan fingerprint density at radius 1 is 1.47 bits per heavy atom. The number of benzene rings is 1. The highest BCUT2D eigenvalue weighted by Crippen LogP contribution is 2.36. The van der Waals surface area contributed by atoms with E-state index in [1.54, 1.807) is 32.0 Å². The van der Waals surface area contributed by atoms with Crippen LogP contribution >= 0.6 is 11.6 Å². The molecule has 0 spiro atoms. The van der Waals surface area contributed by atoms with Gasteiger partial charge in [-0.05, 0) is 26.0 Å². The lowest BCUT2D eigenvalue weighted by molar-refractivity contribution is 0.102. The summed E-state index contributed by atoms with van der Waals surface area (Å²) >= 11 is 6.01. The van der Waals surface area contributed by atoms with Gasteiger partial charge in [-0.3, -0.25) is 0 Å².